The largest absolute Gasteiger partial charge is 0.355 e. The third kappa shape index (κ3) is 6.67. The lowest BCUT2D eigenvalue weighted by atomic mass is 9.96. The first-order valence-corrected chi connectivity index (χ1v) is 12.5. The highest BCUT2D eigenvalue weighted by molar-refractivity contribution is 7.89. The van der Waals surface area contributed by atoms with Crippen molar-refractivity contribution in [1.29, 1.82) is 0 Å². The van der Waals surface area contributed by atoms with Gasteiger partial charge in [0.05, 0.1) is 10.8 Å². The quantitative estimate of drug-likeness (QED) is 0.562. The summed E-state index contributed by atoms with van der Waals surface area (Å²) in [6.07, 6.45) is 1.70. The van der Waals surface area contributed by atoms with Crippen molar-refractivity contribution in [1.82, 2.24) is 14.9 Å². The summed E-state index contributed by atoms with van der Waals surface area (Å²) < 4.78 is 27.1. The molecule has 1 atom stereocenters. The fourth-order valence-corrected chi connectivity index (χ4v) is 5.19. The number of hydrogen-bond donors (Lipinski definition) is 2. The van der Waals surface area contributed by atoms with Crippen LogP contribution in [0.1, 0.15) is 24.0 Å². The number of sulfonamides is 1. The van der Waals surface area contributed by atoms with Crippen LogP contribution in [0.5, 0.6) is 0 Å². The normalized spacial score (nSPS) is 17.5. The van der Waals surface area contributed by atoms with Gasteiger partial charge >= 0.3 is 0 Å². The Kier molecular flexibility index (Phi) is 8.36. The monoisotopic (exact) mass is 483 g/mol. The van der Waals surface area contributed by atoms with Crippen LogP contribution in [-0.4, -0.2) is 45.4 Å². The van der Waals surface area contributed by atoms with E-state index in [1.165, 1.54) is 0 Å². The van der Waals surface area contributed by atoms with E-state index in [0.717, 1.165) is 30.5 Å². The summed E-state index contributed by atoms with van der Waals surface area (Å²) in [4.78, 5) is 15.0. The van der Waals surface area contributed by atoms with E-state index in [-0.39, 0.29) is 29.8 Å². The van der Waals surface area contributed by atoms with E-state index < -0.39 is 10.0 Å². The van der Waals surface area contributed by atoms with E-state index in [0.29, 0.717) is 23.1 Å². The predicted octanol–water partition coefficient (Wildman–Crippen LogP) is 3.61. The molecule has 1 fully saturated rings. The van der Waals surface area contributed by atoms with Gasteiger partial charge in [-0.1, -0.05) is 47.0 Å². The molecule has 9 heteroatoms. The van der Waals surface area contributed by atoms with Crippen LogP contribution in [0.25, 0.3) is 0 Å². The Balaban J connectivity index is 1.46. The molecule has 2 aromatic rings. The SMILES string of the molecule is Cc1ccc(S(=O)(=O)NCCNC(=O)[C@H]2CCCN(Cc3c(Cl)cccc3Cl)C2)cc1. The topological polar surface area (TPSA) is 78.5 Å². The lowest BCUT2D eigenvalue weighted by Crippen LogP contribution is -2.44. The van der Waals surface area contributed by atoms with Gasteiger partial charge < -0.3 is 5.32 Å². The van der Waals surface area contributed by atoms with Crippen LogP contribution < -0.4 is 10.0 Å². The smallest absolute Gasteiger partial charge is 0.240 e. The minimum Gasteiger partial charge on any atom is -0.355 e. The number of carbonyl (C=O) groups is 1. The second-order valence-electron chi connectivity index (χ2n) is 7.78. The van der Waals surface area contributed by atoms with Gasteiger partial charge in [0.15, 0.2) is 0 Å². The van der Waals surface area contributed by atoms with Gasteiger partial charge in [-0.25, -0.2) is 13.1 Å². The number of carbonyl (C=O) groups excluding carboxylic acids is 1. The lowest BCUT2D eigenvalue weighted by molar-refractivity contribution is -0.126. The number of nitrogens with zero attached hydrogens (tertiary/aromatic N) is 1. The number of nitrogens with one attached hydrogen (secondary N) is 2. The molecule has 0 radical (unpaired) electrons. The predicted molar refractivity (Wildman–Crippen MR) is 124 cm³/mol. The van der Waals surface area contributed by atoms with Crippen molar-refractivity contribution < 1.29 is 13.2 Å². The average molecular weight is 484 g/mol. The molecule has 1 aliphatic heterocycles. The van der Waals surface area contributed by atoms with Gasteiger partial charge in [-0.05, 0) is 50.6 Å². The molecule has 0 aliphatic carbocycles. The molecule has 3 rings (SSSR count). The van der Waals surface area contributed by atoms with E-state index in [9.17, 15) is 13.2 Å². The third-order valence-electron chi connectivity index (χ3n) is 5.37. The van der Waals surface area contributed by atoms with Crippen molar-refractivity contribution in [2.24, 2.45) is 5.92 Å². The molecule has 0 spiro atoms. The molecule has 2 N–H and O–H groups in total. The summed E-state index contributed by atoms with van der Waals surface area (Å²) in [5.74, 6) is -0.215. The number of benzene rings is 2. The van der Waals surface area contributed by atoms with E-state index in [4.69, 9.17) is 23.2 Å². The number of likely N-dealkylation sites (tertiary alicyclic amines) is 1. The molecular weight excluding hydrogens is 457 g/mol. The summed E-state index contributed by atoms with van der Waals surface area (Å²) >= 11 is 12.5. The second-order valence-corrected chi connectivity index (χ2v) is 10.4. The molecule has 0 bridgehead atoms. The highest BCUT2D eigenvalue weighted by Crippen LogP contribution is 2.27. The molecule has 31 heavy (non-hydrogen) atoms. The van der Waals surface area contributed by atoms with Crippen molar-refractivity contribution in [3.63, 3.8) is 0 Å². The number of hydrogen-bond acceptors (Lipinski definition) is 4. The van der Waals surface area contributed by atoms with Crippen molar-refractivity contribution >= 4 is 39.1 Å². The zero-order valence-corrected chi connectivity index (χ0v) is 19.7. The van der Waals surface area contributed by atoms with Crippen molar-refractivity contribution in [2.45, 2.75) is 31.2 Å². The Hall–Kier alpha value is -1.64. The second kappa shape index (κ2) is 10.8. The van der Waals surface area contributed by atoms with Crippen LogP contribution in [-0.2, 0) is 21.4 Å². The van der Waals surface area contributed by atoms with Gasteiger partial charge in [-0.15, -0.1) is 0 Å². The highest BCUT2D eigenvalue weighted by atomic mass is 35.5. The summed E-state index contributed by atoms with van der Waals surface area (Å²) in [7, 11) is -3.59. The Bertz CT molecular complexity index is 993. The lowest BCUT2D eigenvalue weighted by Gasteiger charge is -2.32. The molecule has 1 heterocycles. The number of aryl methyl sites for hydroxylation is 1. The summed E-state index contributed by atoms with van der Waals surface area (Å²) in [5.41, 5.74) is 1.86. The molecule has 0 unspecified atom stereocenters. The Morgan fingerprint density at radius 2 is 1.77 bits per heavy atom. The fourth-order valence-electron chi connectivity index (χ4n) is 3.64. The van der Waals surface area contributed by atoms with Crippen molar-refractivity contribution in [3.05, 3.63) is 63.6 Å². The zero-order valence-electron chi connectivity index (χ0n) is 17.4. The highest BCUT2D eigenvalue weighted by Gasteiger charge is 2.26. The first-order valence-electron chi connectivity index (χ1n) is 10.3. The average Bonchev–Trinajstić information content (AvgIpc) is 2.74. The third-order valence-corrected chi connectivity index (χ3v) is 7.55. The first-order chi connectivity index (χ1) is 14.8. The van der Waals surface area contributed by atoms with Gasteiger partial charge in [-0.2, -0.15) is 0 Å². The number of rotatable bonds is 8. The number of halogens is 2. The fraction of sp³-hybridized carbons (Fsp3) is 0.409. The van der Waals surface area contributed by atoms with Gasteiger partial charge in [0.1, 0.15) is 0 Å². The van der Waals surface area contributed by atoms with E-state index in [2.05, 4.69) is 14.9 Å². The van der Waals surface area contributed by atoms with Crippen LogP contribution >= 0.6 is 23.2 Å². The maximum Gasteiger partial charge on any atom is 0.240 e. The van der Waals surface area contributed by atoms with Crippen molar-refractivity contribution in [2.75, 3.05) is 26.2 Å². The number of amides is 1. The minimum absolute atomic E-state index is 0.0653. The maximum absolute atomic E-state index is 12.6. The summed E-state index contributed by atoms with van der Waals surface area (Å²) in [6.45, 7) is 4.35. The van der Waals surface area contributed by atoms with Crippen LogP contribution in [0, 0.1) is 12.8 Å². The van der Waals surface area contributed by atoms with Crippen LogP contribution in [0.4, 0.5) is 0 Å². The van der Waals surface area contributed by atoms with Gasteiger partial charge in [0, 0.05) is 41.8 Å². The van der Waals surface area contributed by atoms with E-state index in [1.807, 2.05) is 25.1 Å². The molecule has 1 amide bonds. The molecule has 0 aromatic heterocycles. The van der Waals surface area contributed by atoms with E-state index in [1.54, 1.807) is 24.3 Å². The molecule has 1 saturated heterocycles. The molecule has 1 aliphatic rings. The standard InChI is InChI=1S/C22H27Cl2N3O3S/c1-16-7-9-18(10-8-16)31(29,30)26-12-11-25-22(28)17-4-3-13-27(14-17)15-19-20(23)5-2-6-21(19)24/h2,5-10,17,26H,3-4,11-15H2,1H3,(H,25,28)/t17-/m0/s1. The molecular formula is C22H27Cl2N3O3S. The molecule has 2 aromatic carbocycles. The van der Waals surface area contributed by atoms with Gasteiger partial charge in [0.25, 0.3) is 0 Å². The zero-order chi connectivity index (χ0) is 22.4. The minimum atomic E-state index is -3.59. The van der Waals surface area contributed by atoms with Crippen LogP contribution in [0.3, 0.4) is 0 Å². The Morgan fingerprint density at radius 1 is 1.10 bits per heavy atom. The summed E-state index contributed by atoms with van der Waals surface area (Å²) in [6, 6.07) is 12.1. The first kappa shape index (κ1) is 24.0. The maximum atomic E-state index is 12.6. The van der Waals surface area contributed by atoms with Gasteiger partial charge in [-0.3, -0.25) is 9.69 Å². The Morgan fingerprint density at radius 3 is 2.45 bits per heavy atom. The van der Waals surface area contributed by atoms with Crippen LogP contribution in [0.15, 0.2) is 47.4 Å². The van der Waals surface area contributed by atoms with Gasteiger partial charge in [0.2, 0.25) is 15.9 Å². The summed E-state index contributed by atoms with van der Waals surface area (Å²) in [5, 5.41) is 4.10. The molecule has 168 valence electrons. The van der Waals surface area contributed by atoms with E-state index >= 15 is 0 Å². The molecule has 0 saturated carbocycles. The van der Waals surface area contributed by atoms with Crippen molar-refractivity contribution in [3.8, 4) is 0 Å². The van der Waals surface area contributed by atoms with Crippen LogP contribution in [0.2, 0.25) is 10.0 Å². The molecule has 6 nitrogen and oxygen atoms in total. The Labute approximate surface area is 194 Å². The number of piperidine rings is 1.